The van der Waals surface area contributed by atoms with E-state index in [1.807, 2.05) is 40.0 Å². The molecule has 0 spiro atoms. The van der Waals surface area contributed by atoms with Gasteiger partial charge in [-0.25, -0.2) is 9.67 Å². The average Bonchev–Trinajstić information content (AvgIpc) is 3.23. The molecule has 4 rings (SSSR count). The minimum atomic E-state index is 0.0400. The molecule has 1 aliphatic rings. The maximum Gasteiger partial charge on any atom is 0.282 e. The quantitative estimate of drug-likeness (QED) is 0.728. The van der Waals surface area contributed by atoms with E-state index >= 15 is 0 Å². The molecule has 0 atom stereocenters. The lowest BCUT2D eigenvalue weighted by atomic mass is 10.1. The van der Waals surface area contributed by atoms with Crippen molar-refractivity contribution in [1.29, 1.82) is 0 Å². The minimum absolute atomic E-state index is 0.0400. The topological polar surface area (TPSA) is 63.9 Å². The lowest BCUT2D eigenvalue weighted by Gasteiger charge is -2.31. The molecule has 0 aliphatic carbocycles. The first-order valence-electron chi connectivity index (χ1n) is 7.32. The average molecular weight is 313 g/mol. The fourth-order valence-electron chi connectivity index (χ4n) is 2.84. The smallest absolute Gasteiger partial charge is 0.282 e. The van der Waals surface area contributed by atoms with Crippen molar-refractivity contribution in [2.45, 2.75) is 18.9 Å². The number of carbonyl (C=O) groups excluding carboxylic acids is 1. The van der Waals surface area contributed by atoms with Crippen molar-refractivity contribution in [2.24, 2.45) is 0 Å². The largest absolute Gasteiger partial charge is 0.336 e. The molecule has 3 heterocycles. The molecular weight excluding hydrogens is 298 g/mol. The second-order valence-electron chi connectivity index (χ2n) is 5.39. The molecule has 1 amide bonds. The molecule has 1 fully saturated rings. The molecule has 6 nitrogen and oxygen atoms in total. The number of nitrogens with zero attached hydrogens (tertiary/aromatic N) is 5. The van der Waals surface area contributed by atoms with Crippen LogP contribution in [0.4, 0.5) is 0 Å². The van der Waals surface area contributed by atoms with Crippen LogP contribution >= 0.6 is 11.3 Å². The van der Waals surface area contributed by atoms with Gasteiger partial charge in [0.15, 0.2) is 5.01 Å². The number of aromatic nitrogens is 4. The van der Waals surface area contributed by atoms with E-state index in [2.05, 4.69) is 15.3 Å². The zero-order valence-corrected chi connectivity index (χ0v) is 12.7. The van der Waals surface area contributed by atoms with Crippen LogP contribution in [0.5, 0.6) is 0 Å². The number of hydrogen-bond donors (Lipinski definition) is 0. The fourth-order valence-corrected chi connectivity index (χ4v) is 3.78. The number of hydrogen-bond acceptors (Lipinski definition) is 5. The van der Waals surface area contributed by atoms with Crippen LogP contribution in [-0.2, 0) is 0 Å². The molecule has 1 aliphatic heterocycles. The molecule has 1 aromatic carbocycles. The van der Waals surface area contributed by atoms with Crippen LogP contribution in [0.3, 0.4) is 0 Å². The van der Waals surface area contributed by atoms with E-state index < -0.39 is 0 Å². The highest BCUT2D eigenvalue weighted by Crippen LogP contribution is 2.26. The van der Waals surface area contributed by atoms with E-state index in [4.69, 9.17) is 0 Å². The van der Waals surface area contributed by atoms with E-state index in [0.717, 1.165) is 36.1 Å². The summed E-state index contributed by atoms with van der Waals surface area (Å²) < 4.78 is 2.95. The minimum Gasteiger partial charge on any atom is -0.336 e. The summed E-state index contributed by atoms with van der Waals surface area (Å²) in [6, 6.07) is 8.19. The maximum atomic E-state index is 12.6. The van der Waals surface area contributed by atoms with Crippen LogP contribution in [0.2, 0.25) is 0 Å². The highest BCUT2D eigenvalue weighted by Gasteiger charge is 2.26. The fraction of sp³-hybridized carbons (Fsp3) is 0.333. The Morgan fingerprint density at radius 1 is 1.23 bits per heavy atom. The predicted octanol–water partition coefficient (Wildman–Crippen LogP) is 2.37. The molecule has 0 N–H and O–H groups in total. The summed E-state index contributed by atoms with van der Waals surface area (Å²) >= 11 is 1.47. The summed E-state index contributed by atoms with van der Waals surface area (Å²) in [6.45, 7) is 1.47. The van der Waals surface area contributed by atoms with Gasteiger partial charge in [0.05, 0.1) is 22.5 Å². The number of rotatable bonds is 2. The molecule has 22 heavy (non-hydrogen) atoms. The van der Waals surface area contributed by atoms with E-state index in [9.17, 15) is 4.79 Å². The predicted molar refractivity (Wildman–Crippen MR) is 83.8 cm³/mol. The van der Waals surface area contributed by atoms with Crippen molar-refractivity contribution in [1.82, 2.24) is 24.9 Å². The van der Waals surface area contributed by atoms with Gasteiger partial charge in [0.2, 0.25) is 0 Å². The number of thiazole rings is 1. The Labute approximate surface area is 131 Å². The molecule has 3 aromatic rings. The van der Waals surface area contributed by atoms with Crippen LogP contribution in [0.1, 0.15) is 28.7 Å². The second-order valence-corrected chi connectivity index (χ2v) is 6.42. The molecule has 112 valence electrons. The van der Waals surface area contributed by atoms with Crippen molar-refractivity contribution in [3.63, 3.8) is 0 Å². The van der Waals surface area contributed by atoms with Gasteiger partial charge in [-0.15, -0.1) is 16.4 Å². The van der Waals surface area contributed by atoms with Crippen LogP contribution in [0.25, 0.3) is 10.2 Å². The molecule has 1 saturated heterocycles. The zero-order chi connectivity index (χ0) is 14.9. The highest BCUT2D eigenvalue weighted by atomic mass is 32.1. The molecule has 2 aromatic heterocycles. The molecule has 0 saturated carbocycles. The molecule has 0 radical (unpaired) electrons. The number of para-hydroxylation sites is 1. The van der Waals surface area contributed by atoms with Crippen molar-refractivity contribution in [2.75, 3.05) is 13.1 Å². The van der Waals surface area contributed by atoms with Gasteiger partial charge in [-0.2, -0.15) is 0 Å². The third-order valence-corrected chi connectivity index (χ3v) is 5.07. The number of fused-ring (bicyclic) bond motifs is 1. The van der Waals surface area contributed by atoms with Crippen LogP contribution < -0.4 is 0 Å². The van der Waals surface area contributed by atoms with Crippen molar-refractivity contribution in [3.8, 4) is 0 Å². The normalized spacial score (nSPS) is 16.3. The van der Waals surface area contributed by atoms with E-state index in [1.54, 1.807) is 6.20 Å². The number of benzene rings is 1. The number of amides is 1. The lowest BCUT2D eigenvalue weighted by molar-refractivity contribution is 0.0689. The summed E-state index contributed by atoms with van der Waals surface area (Å²) in [6.07, 6.45) is 5.38. The van der Waals surface area contributed by atoms with Gasteiger partial charge in [-0.1, -0.05) is 17.3 Å². The van der Waals surface area contributed by atoms with Crippen LogP contribution in [0, 0.1) is 0 Å². The van der Waals surface area contributed by atoms with Gasteiger partial charge in [0, 0.05) is 19.3 Å². The van der Waals surface area contributed by atoms with E-state index in [1.165, 1.54) is 11.3 Å². The third-order valence-electron chi connectivity index (χ3n) is 4.04. The first-order chi connectivity index (χ1) is 10.8. The molecule has 0 unspecified atom stereocenters. The third kappa shape index (κ3) is 2.37. The standard InChI is InChI=1S/C15H15N5OS/c21-15(14-17-12-3-1-2-4-13(12)22-14)19-8-5-11(6-9-19)20-10-7-16-18-20/h1-4,7,10-11H,5-6,8-9H2. The van der Waals surface area contributed by atoms with Gasteiger partial charge < -0.3 is 4.90 Å². The van der Waals surface area contributed by atoms with Crippen molar-refractivity contribution >= 4 is 27.5 Å². The summed E-state index contributed by atoms with van der Waals surface area (Å²) in [5, 5.41) is 8.48. The first kappa shape index (κ1) is 13.4. The van der Waals surface area contributed by atoms with Crippen LogP contribution in [0.15, 0.2) is 36.7 Å². The Hall–Kier alpha value is -2.28. The zero-order valence-electron chi connectivity index (χ0n) is 11.9. The maximum absolute atomic E-state index is 12.6. The summed E-state index contributed by atoms with van der Waals surface area (Å²) in [7, 11) is 0. The van der Waals surface area contributed by atoms with Gasteiger partial charge in [0.25, 0.3) is 5.91 Å². The second kappa shape index (κ2) is 5.49. The summed E-state index contributed by atoms with van der Waals surface area (Å²) in [4.78, 5) is 19.0. The van der Waals surface area contributed by atoms with Crippen molar-refractivity contribution < 1.29 is 4.79 Å². The Morgan fingerprint density at radius 3 is 2.77 bits per heavy atom. The summed E-state index contributed by atoms with van der Waals surface area (Å²) in [5.74, 6) is 0.0400. The van der Waals surface area contributed by atoms with Crippen LogP contribution in [-0.4, -0.2) is 43.9 Å². The Balaban J connectivity index is 1.47. The molecule has 0 bridgehead atoms. The lowest BCUT2D eigenvalue weighted by Crippen LogP contribution is -2.39. The monoisotopic (exact) mass is 313 g/mol. The first-order valence-corrected chi connectivity index (χ1v) is 8.13. The Morgan fingerprint density at radius 2 is 2.05 bits per heavy atom. The van der Waals surface area contributed by atoms with E-state index in [-0.39, 0.29) is 5.91 Å². The highest BCUT2D eigenvalue weighted by molar-refractivity contribution is 7.20. The van der Waals surface area contributed by atoms with Gasteiger partial charge >= 0.3 is 0 Å². The number of piperidine rings is 1. The molecule has 7 heteroatoms. The van der Waals surface area contributed by atoms with Crippen molar-refractivity contribution in [3.05, 3.63) is 41.7 Å². The number of carbonyl (C=O) groups is 1. The SMILES string of the molecule is O=C(c1nc2ccccc2s1)N1CCC(n2ccnn2)CC1. The van der Waals surface area contributed by atoms with Gasteiger partial charge in [-0.3, -0.25) is 4.79 Å². The van der Waals surface area contributed by atoms with Gasteiger partial charge in [-0.05, 0) is 25.0 Å². The molecular formula is C15H15N5OS. The van der Waals surface area contributed by atoms with E-state index in [0.29, 0.717) is 11.0 Å². The Bertz CT molecular complexity index is 756. The number of likely N-dealkylation sites (tertiary alicyclic amines) is 1. The Kier molecular flexibility index (Phi) is 3.34. The van der Waals surface area contributed by atoms with Gasteiger partial charge in [0.1, 0.15) is 0 Å². The summed E-state index contributed by atoms with van der Waals surface area (Å²) in [5.41, 5.74) is 0.897.